The van der Waals surface area contributed by atoms with Crippen LogP contribution >= 0.6 is 0 Å². The lowest BCUT2D eigenvalue weighted by Gasteiger charge is -2.43. The van der Waals surface area contributed by atoms with Gasteiger partial charge in [0.25, 0.3) is 11.8 Å². The first-order valence-electron chi connectivity index (χ1n) is 19.9. The van der Waals surface area contributed by atoms with Gasteiger partial charge in [0.1, 0.15) is 5.75 Å². The first-order chi connectivity index (χ1) is 26.9. The van der Waals surface area contributed by atoms with E-state index in [4.69, 9.17) is 9.47 Å². The molecule has 0 saturated carbocycles. The molecule has 1 atom stereocenters. The minimum Gasteiger partial charge on any atom is -0.507 e. The molecule has 3 saturated heterocycles. The first kappa shape index (κ1) is 40.8. The molecule has 4 heterocycles. The van der Waals surface area contributed by atoms with Crippen LogP contribution in [0.1, 0.15) is 47.9 Å². The summed E-state index contributed by atoms with van der Waals surface area (Å²) in [6.07, 6.45) is 2.33. The normalized spacial score (nSPS) is 19.4. The van der Waals surface area contributed by atoms with E-state index >= 15 is 0 Å². The second kappa shape index (κ2) is 18.4. The summed E-state index contributed by atoms with van der Waals surface area (Å²) < 4.78 is 11.2. The summed E-state index contributed by atoms with van der Waals surface area (Å²) >= 11 is 0. The Bertz CT molecular complexity index is 1720. The molecule has 6 rings (SSSR count). The lowest BCUT2D eigenvalue weighted by Crippen LogP contribution is -2.57. The number of hydrogen-bond donors (Lipinski definition) is 2. The number of fused-ring (bicyclic) bond motifs is 1. The van der Waals surface area contributed by atoms with Crippen LogP contribution in [0, 0.1) is 13.8 Å². The average Bonchev–Trinajstić information content (AvgIpc) is 3.36. The van der Waals surface area contributed by atoms with Gasteiger partial charge < -0.3 is 39.5 Å². The number of aromatic hydroxyl groups is 1. The number of amides is 5. The van der Waals surface area contributed by atoms with Gasteiger partial charge in [0, 0.05) is 97.2 Å². The number of anilines is 1. The van der Waals surface area contributed by atoms with Gasteiger partial charge in [-0.05, 0) is 74.3 Å². The van der Waals surface area contributed by atoms with Crippen LogP contribution in [0.2, 0.25) is 0 Å². The number of hydrogen-bond acceptors (Lipinski definition) is 10. The van der Waals surface area contributed by atoms with Crippen molar-refractivity contribution in [2.24, 2.45) is 0 Å². The summed E-state index contributed by atoms with van der Waals surface area (Å²) in [5.74, 6) is -0.694. The van der Waals surface area contributed by atoms with E-state index in [1.165, 1.54) is 4.90 Å². The third kappa shape index (κ3) is 10.1. The highest BCUT2D eigenvalue weighted by atomic mass is 16.6. The Morgan fingerprint density at radius 3 is 2.16 bits per heavy atom. The number of ether oxygens (including phenoxy) is 2. The fourth-order valence-electron chi connectivity index (χ4n) is 8.30. The maximum atomic E-state index is 14.2. The van der Waals surface area contributed by atoms with Crippen molar-refractivity contribution in [3.05, 3.63) is 58.7 Å². The molecule has 0 aliphatic carbocycles. The molecular formula is C41H57N7O8. The number of esters is 1. The molecule has 15 heteroatoms. The number of carbonyl (C=O) groups excluding carboxylic acids is 5. The number of phenols is 1. The highest BCUT2D eigenvalue weighted by Crippen LogP contribution is 2.27. The van der Waals surface area contributed by atoms with Gasteiger partial charge in [-0.1, -0.05) is 30.3 Å². The van der Waals surface area contributed by atoms with Gasteiger partial charge in [0.05, 0.1) is 6.54 Å². The quantitative estimate of drug-likeness (QED) is 0.345. The molecule has 0 aromatic heterocycles. The maximum absolute atomic E-state index is 14.2. The van der Waals surface area contributed by atoms with Gasteiger partial charge in [-0.25, -0.2) is 9.59 Å². The number of aryl methyl sites for hydroxylation is 2. The van der Waals surface area contributed by atoms with Crippen molar-refractivity contribution in [2.75, 3.05) is 91.5 Å². The molecule has 56 heavy (non-hydrogen) atoms. The Balaban J connectivity index is 1.02. The number of urea groups is 1. The summed E-state index contributed by atoms with van der Waals surface area (Å²) in [5.41, 5.74) is 4.13. The van der Waals surface area contributed by atoms with E-state index in [0.29, 0.717) is 75.8 Å². The molecule has 4 aliphatic rings. The number of rotatable bonds is 10. The van der Waals surface area contributed by atoms with Crippen LogP contribution in [0.15, 0.2) is 36.4 Å². The SMILES string of the molecule is Cc1cc(C[C@@H](OC(=O)N2CCC(N3CCc4ccccc4NC3=O)CC2)C(=O)N2CCN(C3CCN(CC(=O)OCC(=O)N(C)C)CC3)CC2)cc(C)c1O. The summed E-state index contributed by atoms with van der Waals surface area (Å²) in [7, 11) is 3.24. The van der Waals surface area contributed by atoms with Crippen molar-refractivity contribution in [1.82, 2.24) is 29.4 Å². The Hall–Kier alpha value is -4.89. The largest absolute Gasteiger partial charge is 0.507 e. The zero-order valence-electron chi connectivity index (χ0n) is 33.2. The second-order valence-electron chi connectivity index (χ2n) is 15.7. The van der Waals surface area contributed by atoms with Crippen LogP contribution in [-0.2, 0) is 36.7 Å². The topological polar surface area (TPSA) is 156 Å². The van der Waals surface area contributed by atoms with Crippen molar-refractivity contribution in [3.63, 3.8) is 0 Å². The molecule has 0 spiro atoms. The Morgan fingerprint density at radius 2 is 1.50 bits per heavy atom. The van der Waals surface area contributed by atoms with Gasteiger partial charge in [-0.3, -0.25) is 24.2 Å². The van der Waals surface area contributed by atoms with Crippen LogP contribution < -0.4 is 5.32 Å². The van der Waals surface area contributed by atoms with E-state index < -0.39 is 18.2 Å². The molecule has 0 unspecified atom stereocenters. The molecule has 0 bridgehead atoms. The van der Waals surface area contributed by atoms with Crippen LogP contribution in [0.3, 0.4) is 0 Å². The smallest absolute Gasteiger partial charge is 0.410 e. The lowest BCUT2D eigenvalue weighted by molar-refractivity contribution is -0.152. The van der Waals surface area contributed by atoms with E-state index in [1.807, 2.05) is 55.1 Å². The average molecular weight is 776 g/mol. The third-order valence-corrected chi connectivity index (χ3v) is 11.7. The van der Waals surface area contributed by atoms with Crippen molar-refractivity contribution in [2.45, 2.75) is 70.6 Å². The van der Waals surface area contributed by atoms with Gasteiger partial charge in [-0.15, -0.1) is 0 Å². The molecule has 2 N–H and O–H groups in total. The molecular weight excluding hydrogens is 718 g/mol. The van der Waals surface area contributed by atoms with Crippen LogP contribution in [0.5, 0.6) is 5.75 Å². The lowest BCUT2D eigenvalue weighted by atomic mass is 10.00. The van der Waals surface area contributed by atoms with Crippen LogP contribution in [-0.4, -0.2) is 169 Å². The van der Waals surface area contributed by atoms with Gasteiger partial charge in [0.2, 0.25) is 0 Å². The number of benzene rings is 2. The van der Waals surface area contributed by atoms with Crippen molar-refractivity contribution in [3.8, 4) is 5.75 Å². The zero-order chi connectivity index (χ0) is 39.9. The summed E-state index contributed by atoms with van der Waals surface area (Å²) in [6.45, 7) is 8.79. The van der Waals surface area contributed by atoms with Crippen molar-refractivity contribution in [1.29, 1.82) is 0 Å². The Morgan fingerprint density at radius 1 is 0.857 bits per heavy atom. The number of likely N-dealkylation sites (N-methyl/N-ethyl adjacent to an activating group) is 1. The fraction of sp³-hybridized carbons (Fsp3) is 0.585. The minimum absolute atomic E-state index is 0.0150. The van der Waals surface area contributed by atoms with E-state index in [-0.39, 0.29) is 49.2 Å². The molecule has 0 radical (unpaired) electrons. The molecule has 5 amide bonds. The summed E-state index contributed by atoms with van der Waals surface area (Å²) in [4.78, 5) is 76.2. The van der Waals surface area contributed by atoms with Crippen molar-refractivity contribution >= 4 is 35.6 Å². The number of phenolic OH excluding ortho intramolecular Hbond substituents is 1. The molecule has 3 fully saturated rings. The van der Waals surface area contributed by atoms with Gasteiger partial charge >= 0.3 is 18.1 Å². The Labute approximate surface area is 329 Å². The third-order valence-electron chi connectivity index (χ3n) is 11.7. The number of likely N-dealkylation sites (tertiary alicyclic amines) is 2. The van der Waals surface area contributed by atoms with E-state index in [0.717, 1.165) is 49.2 Å². The number of carbonyl (C=O) groups is 5. The number of nitrogens with zero attached hydrogens (tertiary/aromatic N) is 6. The predicted molar refractivity (Wildman–Crippen MR) is 209 cm³/mol. The molecule has 15 nitrogen and oxygen atoms in total. The second-order valence-corrected chi connectivity index (χ2v) is 15.7. The molecule has 4 aliphatic heterocycles. The minimum atomic E-state index is -1.04. The maximum Gasteiger partial charge on any atom is 0.410 e. The monoisotopic (exact) mass is 775 g/mol. The fourth-order valence-corrected chi connectivity index (χ4v) is 8.30. The van der Waals surface area contributed by atoms with E-state index in [1.54, 1.807) is 23.9 Å². The first-order valence-corrected chi connectivity index (χ1v) is 19.9. The van der Waals surface area contributed by atoms with Crippen LogP contribution in [0.25, 0.3) is 0 Å². The Kier molecular flexibility index (Phi) is 13.4. The number of piperazine rings is 1. The summed E-state index contributed by atoms with van der Waals surface area (Å²) in [5, 5.41) is 13.4. The summed E-state index contributed by atoms with van der Waals surface area (Å²) in [6, 6.07) is 11.7. The van der Waals surface area contributed by atoms with E-state index in [9.17, 15) is 29.1 Å². The number of para-hydroxylation sites is 1. The highest BCUT2D eigenvalue weighted by molar-refractivity contribution is 5.91. The molecule has 2 aromatic carbocycles. The van der Waals surface area contributed by atoms with Gasteiger partial charge in [0.15, 0.2) is 12.7 Å². The predicted octanol–water partition coefficient (Wildman–Crippen LogP) is 2.85. The van der Waals surface area contributed by atoms with Crippen molar-refractivity contribution < 1.29 is 38.6 Å². The highest BCUT2D eigenvalue weighted by Gasteiger charge is 2.36. The molecule has 304 valence electrons. The van der Waals surface area contributed by atoms with E-state index in [2.05, 4.69) is 15.1 Å². The standard InChI is InChI=1S/C41H57N7O8/c1-28-23-30(24-29(2)38(28)51)25-35(56-41(54)47-16-12-33(13-17-47)48-18-9-31-7-5-6-8-34(31)42-40(48)53)39(52)46-21-19-45(20-22-46)32-10-14-44(15-11-32)26-37(50)55-27-36(49)43(3)4/h5-8,23-24,32-33,35,51H,9-22,25-27H2,1-4H3,(H,42,53)/t35-/m1/s1. The number of piperidine rings is 2. The van der Waals surface area contributed by atoms with Crippen LogP contribution in [0.4, 0.5) is 15.3 Å². The van der Waals surface area contributed by atoms with Gasteiger partial charge in [-0.2, -0.15) is 0 Å². The molecule has 2 aromatic rings. The zero-order valence-corrected chi connectivity index (χ0v) is 33.2. The number of nitrogens with one attached hydrogen (secondary N) is 1.